The molecule has 0 saturated heterocycles. The second-order valence-corrected chi connectivity index (χ2v) is 26.4. The number of aliphatic hydroxyl groups excluding tert-OH is 6. The highest BCUT2D eigenvalue weighted by Crippen LogP contribution is 2.70. The summed E-state index contributed by atoms with van der Waals surface area (Å²) in [6.07, 6.45) is -0.706. The molecule has 6 aliphatic carbocycles. The third kappa shape index (κ3) is 10.9. The number of nitrogen functional groups attached to an aromatic ring is 1. The van der Waals surface area contributed by atoms with E-state index in [2.05, 4.69) is 134 Å². The van der Waals surface area contributed by atoms with Crippen molar-refractivity contribution in [1.29, 1.82) is 0 Å². The van der Waals surface area contributed by atoms with Gasteiger partial charge in [-0.3, -0.25) is 14.4 Å². The highest BCUT2D eigenvalue weighted by atomic mass is 127. The van der Waals surface area contributed by atoms with E-state index in [1.807, 2.05) is 68.4 Å². The Morgan fingerprint density at radius 1 is 0.547 bits per heavy atom. The number of azide groups is 1. The van der Waals surface area contributed by atoms with Crippen LogP contribution in [0.4, 0.5) is 29.4 Å². The largest absolute Gasteiger partial charge is 0.389 e. The Balaban J connectivity index is 0.000000129. The van der Waals surface area contributed by atoms with E-state index in [1.54, 1.807) is 33.4 Å². The molecule has 6 fully saturated rings. The fourth-order valence-corrected chi connectivity index (χ4v) is 15.7. The fourth-order valence-electron chi connectivity index (χ4n) is 15.2. The van der Waals surface area contributed by atoms with E-state index in [0.717, 1.165) is 27.8 Å². The Kier molecular flexibility index (Phi) is 16.8. The molecule has 95 heavy (non-hydrogen) atoms. The summed E-state index contributed by atoms with van der Waals surface area (Å²) < 4.78 is 5.68. The van der Waals surface area contributed by atoms with E-state index in [-0.39, 0.29) is 47.4 Å². The second kappa shape index (κ2) is 24.8. The zero-order valence-electron chi connectivity index (χ0n) is 52.4. The van der Waals surface area contributed by atoms with Gasteiger partial charge in [-0.05, 0) is 67.4 Å². The maximum atomic E-state index is 12.5. The van der Waals surface area contributed by atoms with Gasteiger partial charge in [-0.15, -0.1) is 0 Å². The minimum absolute atomic E-state index is 0.0717. The summed E-state index contributed by atoms with van der Waals surface area (Å²) in [4.78, 5) is 79.8. The summed E-state index contributed by atoms with van der Waals surface area (Å²) in [7, 11) is 4.59. The lowest BCUT2D eigenvalue weighted by Crippen LogP contribution is -2.41. The Hall–Kier alpha value is -9.28. The number of aliphatic hydroxyl groups is 6. The number of benzene rings is 3. The van der Waals surface area contributed by atoms with E-state index in [4.69, 9.17) is 11.3 Å². The van der Waals surface area contributed by atoms with Gasteiger partial charge in [0.25, 0.3) is 0 Å². The number of nitrogens with two attached hydrogens (primary N) is 1. The van der Waals surface area contributed by atoms with Gasteiger partial charge in [-0.2, -0.15) is 9.97 Å². The summed E-state index contributed by atoms with van der Waals surface area (Å²) in [5.74, 6) is -0.00363. The number of nitrogens with one attached hydrogen (secondary N) is 6. The number of fused-ring (bicyclic) bond motifs is 6. The standard InChI is InChI=1S/C21H23IN6O3.C21H23N9O3.C21H25N7O3/c1-10-4-3-5-11(6-10)8-24-17-13-18(27-20(22)26-17)28(9-25-13)14-12-7-21(12,19(31)23-2)16(30)15(14)29;1-10-4-3-5-11(6-10)8-24-17-13-18(27-20(26-17)28-29-22)30(9-25-13)14-12-7-21(12,19(33)23-2)16(32)15(14)31;1-10-4-3-5-11(6-10)8-24-17-13-18(27-20(22)26-17)28(9-25-13)14-12-7-21(12,19(31)23-2)16(30)15(14)29/h3-6,9,12,14-16,29-30H,7-8H2,1-2H3,(H,23,31)(H,24,26,27);3-6,9,12,14-16,31-32H,7-8H2,1-2H3,(H,23,33)(H,24,26,27);3-6,9,12,14-16,29-30H,7-8H2,1-2H3,(H,23,31)(H3,22,24,26,27)/t3*12-,14-,15-,16?,21+/m111/s1. The molecule has 14 N–H and O–H groups in total. The SMILES string of the molecule is CNC(=O)[C@@]12C[C@@H]1[C@@H](n1cnc3c(NCc4cccc(C)c4)nc(I)nc31)[C@@H](O)C2O.CNC(=O)[C@@]12C[C@@H]1[C@@H](n1cnc3c(NCc4cccc(C)c4)nc(N)nc31)[C@@H](O)C2O.CNC(=O)[C@@]12C[C@@H]1[C@@H](n1cnc3c(NCc4cccc(C)c4)nc(N=[N+]=[N-])nc31)[C@@H](O)C2O. The van der Waals surface area contributed by atoms with Gasteiger partial charge in [0, 0.05) is 86.0 Å². The lowest BCUT2D eigenvalue weighted by Gasteiger charge is -2.23. The lowest BCUT2D eigenvalue weighted by atomic mass is 9.98. The number of anilines is 4. The van der Waals surface area contributed by atoms with Crippen molar-refractivity contribution >= 4 is 103 Å². The Morgan fingerprint density at radius 3 is 1.25 bits per heavy atom. The first-order valence-electron chi connectivity index (χ1n) is 31.0. The summed E-state index contributed by atoms with van der Waals surface area (Å²) >= 11 is 2.06. The van der Waals surface area contributed by atoms with Gasteiger partial charge in [-0.1, -0.05) is 89.5 Å². The molecule has 3 aromatic carbocycles. The first-order chi connectivity index (χ1) is 45.6. The molecule has 0 radical (unpaired) electrons. The van der Waals surface area contributed by atoms with Crippen molar-refractivity contribution < 1.29 is 45.0 Å². The van der Waals surface area contributed by atoms with Crippen molar-refractivity contribution in [2.45, 2.75) is 114 Å². The molecule has 15 rings (SSSR count). The molecular formula is C63H71IN22O9. The molecule has 6 saturated carbocycles. The zero-order chi connectivity index (χ0) is 67.2. The highest BCUT2D eigenvalue weighted by molar-refractivity contribution is 14.1. The van der Waals surface area contributed by atoms with Crippen LogP contribution in [-0.4, -0.2) is 165 Å². The van der Waals surface area contributed by atoms with Crippen molar-refractivity contribution in [1.82, 2.24) is 74.5 Å². The lowest BCUT2D eigenvalue weighted by molar-refractivity contribution is -0.132. The van der Waals surface area contributed by atoms with Crippen LogP contribution in [0.25, 0.3) is 43.9 Å². The molecule has 0 bridgehead atoms. The maximum absolute atomic E-state index is 12.5. The molecule has 0 spiro atoms. The Morgan fingerprint density at radius 2 is 0.895 bits per heavy atom. The third-order valence-electron chi connectivity index (χ3n) is 19.9. The maximum Gasteiger partial charge on any atom is 0.229 e. The Bertz CT molecular complexity index is 4380. The number of hydrogen-bond acceptors (Lipinski definition) is 23. The van der Waals surface area contributed by atoms with Gasteiger partial charge in [0.15, 0.2) is 49.3 Å². The number of halogens is 1. The highest BCUT2D eigenvalue weighted by Gasteiger charge is 2.77. The number of nitrogens with zero attached hydrogens (tertiary/aromatic N) is 15. The van der Waals surface area contributed by atoms with Crippen LogP contribution >= 0.6 is 22.6 Å². The summed E-state index contributed by atoms with van der Waals surface area (Å²) in [6, 6.07) is 22.7. The topological polar surface area (TPSA) is 450 Å². The average Bonchev–Trinajstić information content (AvgIpc) is 1.53. The van der Waals surface area contributed by atoms with Gasteiger partial charge in [0.1, 0.15) is 23.8 Å². The number of aryl methyl sites for hydroxylation is 3. The predicted octanol–water partition coefficient (Wildman–Crippen LogP) is 3.46. The van der Waals surface area contributed by atoms with Crippen LogP contribution in [0.5, 0.6) is 0 Å². The molecule has 15 atom stereocenters. The quantitative estimate of drug-likeness (QED) is 0.0216. The smallest absolute Gasteiger partial charge is 0.229 e. The minimum atomic E-state index is -1.21. The van der Waals surface area contributed by atoms with E-state index >= 15 is 0 Å². The average molecular weight is 1410 g/mol. The van der Waals surface area contributed by atoms with Crippen molar-refractivity contribution in [3.8, 4) is 0 Å². The molecule has 6 aromatic heterocycles. The number of amides is 3. The molecule has 3 unspecified atom stereocenters. The normalized spacial score (nSPS) is 28.6. The van der Waals surface area contributed by atoms with Crippen LogP contribution in [0, 0.1) is 58.6 Å². The van der Waals surface area contributed by atoms with Crippen LogP contribution in [0.3, 0.4) is 0 Å². The predicted molar refractivity (Wildman–Crippen MR) is 354 cm³/mol. The zero-order valence-corrected chi connectivity index (χ0v) is 54.6. The minimum Gasteiger partial charge on any atom is -0.389 e. The van der Waals surface area contributed by atoms with Gasteiger partial charge in [-0.25, -0.2) is 34.9 Å². The van der Waals surface area contributed by atoms with Crippen molar-refractivity contribution in [3.05, 3.63) is 139 Å². The molecule has 0 aliphatic heterocycles. The first-order valence-corrected chi connectivity index (χ1v) is 32.0. The molecule has 494 valence electrons. The summed E-state index contributed by atoms with van der Waals surface area (Å²) in [5, 5.41) is 85.5. The third-order valence-corrected chi connectivity index (χ3v) is 20.4. The molecule has 32 heteroatoms. The van der Waals surface area contributed by atoms with E-state index < -0.39 is 71.0 Å². The number of aromatic nitrogens is 12. The van der Waals surface area contributed by atoms with Crippen LogP contribution in [0.1, 0.15) is 70.8 Å². The fraction of sp³-hybridized carbons (Fsp3) is 0.429. The number of carbonyl (C=O) groups excluding carboxylic acids is 3. The molecular weight excluding hydrogens is 1340 g/mol. The molecule has 6 heterocycles. The van der Waals surface area contributed by atoms with Gasteiger partial charge in [0.2, 0.25) is 29.6 Å². The molecule has 6 aliphatic rings. The van der Waals surface area contributed by atoms with Crippen LogP contribution in [-0.2, 0) is 34.0 Å². The first kappa shape index (κ1) is 64.4. The number of rotatable bonds is 16. The van der Waals surface area contributed by atoms with Gasteiger partial charge < -0.3 is 82.0 Å². The summed E-state index contributed by atoms with van der Waals surface area (Å²) in [5.41, 5.74) is 21.6. The van der Waals surface area contributed by atoms with Crippen LogP contribution in [0.15, 0.2) is 96.9 Å². The monoisotopic (exact) mass is 1410 g/mol. The molecule has 31 nitrogen and oxygen atoms in total. The van der Waals surface area contributed by atoms with Crippen molar-refractivity contribution in [3.63, 3.8) is 0 Å². The van der Waals surface area contributed by atoms with Crippen molar-refractivity contribution in [2.24, 2.45) is 39.1 Å². The van der Waals surface area contributed by atoms with E-state index in [9.17, 15) is 45.0 Å². The number of imidazole rings is 3. The second-order valence-electron chi connectivity index (χ2n) is 25.4. The van der Waals surface area contributed by atoms with E-state index in [0.29, 0.717) is 93.7 Å². The molecule has 9 aromatic rings. The van der Waals surface area contributed by atoms with Gasteiger partial charge in [0.05, 0.1) is 71.7 Å². The van der Waals surface area contributed by atoms with Gasteiger partial charge >= 0.3 is 0 Å². The van der Waals surface area contributed by atoms with Crippen molar-refractivity contribution in [2.75, 3.05) is 42.8 Å². The number of carbonyl (C=O) groups is 3. The summed E-state index contributed by atoms with van der Waals surface area (Å²) in [6.45, 7) is 7.67. The van der Waals surface area contributed by atoms with Crippen LogP contribution in [0.2, 0.25) is 0 Å². The Labute approximate surface area is 555 Å². The van der Waals surface area contributed by atoms with Crippen LogP contribution < -0.4 is 37.6 Å². The van der Waals surface area contributed by atoms with E-state index in [1.165, 1.54) is 26.0 Å². The number of hydrogen-bond donors (Lipinski definition) is 13. The molecule has 3 amide bonds.